The van der Waals surface area contributed by atoms with Crippen LogP contribution in [0.5, 0.6) is 0 Å². The van der Waals surface area contributed by atoms with Crippen LogP contribution < -0.4 is 5.73 Å². The molecular weight excluding hydrogens is 150 g/mol. The van der Waals surface area contributed by atoms with E-state index in [1.807, 2.05) is 7.11 Å². The molecule has 0 heterocycles. The largest absolute Gasteiger partial charge is 0.381 e. The van der Waals surface area contributed by atoms with Crippen molar-refractivity contribution in [2.45, 2.75) is 44.2 Å². The molecular formula is C10H19NO. The number of ether oxygens (including phenoxy) is 1. The maximum Gasteiger partial charge on any atom is 0.0576 e. The average molecular weight is 169 g/mol. The normalized spacial score (nSPS) is 52.8. The Balaban J connectivity index is 1.97. The van der Waals surface area contributed by atoms with Gasteiger partial charge in [-0.25, -0.2) is 0 Å². The van der Waals surface area contributed by atoms with Gasteiger partial charge in [0.05, 0.1) is 6.10 Å². The van der Waals surface area contributed by atoms with Gasteiger partial charge >= 0.3 is 0 Å². The van der Waals surface area contributed by atoms with Crippen LogP contribution in [0, 0.1) is 11.8 Å². The minimum absolute atomic E-state index is 0.119. The van der Waals surface area contributed by atoms with Crippen LogP contribution in [0.15, 0.2) is 0 Å². The molecule has 2 aliphatic carbocycles. The van der Waals surface area contributed by atoms with E-state index in [2.05, 4.69) is 6.92 Å². The van der Waals surface area contributed by atoms with Gasteiger partial charge in [0.25, 0.3) is 0 Å². The van der Waals surface area contributed by atoms with Crippen molar-refractivity contribution in [3.63, 3.8) is 0 Å². The first-order chi connectivity index (χ1) is 5.61. The molecule has 2 N–H and O–H groups in total. The van der Waals surface area contributed by atoms with E-state index in [-0.39, 0.29) is 5.54 Å². The number of rotatable bonds is 1. The van der Waals surface area contributed by atoms with Crippen LogP contribution in [-0.4, -0.2) is 18.8 Å². The van der Waals surface area contributed by atoms with Crippen molar-refractivity contribution in [1.82, 2.24) is 0 Å². The van der Waals surface area contributed by atoms with Crippen LogP contribution in [0.1, 0.15) is 32.6 Å². The highest BCUT2D eigenvalue weighted by Crippen LogP contribution is 2.48. The van der Waals surface area contributed by atoms with E-state index in [4.69, 9.17) is 10.5 Å². The van der Waals surface area contributed by atoms with Crippen molar-refractivity contribution < 1.29 is 4.74 Å². The average Bonchev–Trinajstić information content (AvgIpc) is 2.40. The third-order valence-corrected chi connectivity index (χ3v) is 3.59. The summed E-state index contributed by atoms with van der Waals surface area (Å²) in [5.74, 6) is 1.70. The molecule has 0 radical (unpaired) electrons. The van der Waals surface area contributed by atoms with Crippen molar-refractivity contribution >= 4 is 0 Å². The molecule has 12 heavy (non-hydrogen) atoms. The summed E-state index contributed by atoms with van der Waals surface area (Å²) in [5, 5.41) is 0. The first-order valence-electron chi connectivity index (χ1n) is 4.92. The minimum atomic E-state index is 0.119. The molecule has 0 aliphatic heterocycles. The maximum absolute atomic E-state index is 6.11. The van der Waals surface area contributed by atoms with Gasteiger partial charge in [-0.1, -0.05) is 0 Å². The molecule has 0 bridgehead atoms. The maximum atomic E-state index is 6.11. The van der Waals surface area contributed by atoms with E-state index in [1.54, 1.807) is 0 Å². The number of nitrogens with two attached hydrogens (primary N) is 1. The fourth-order valence-corrected chi connectivity index (χ4v) is 3.13. The standard InChI is InChI=1S/C10H19NO/c1-10(11)5-7-3-9(12-2)4-8(7)6-10/h7-9H,3-6,11H2,1-2H3/t7-,8+,9-,10-. The second kappa shape index (κ2) is 2.71. The Morgan fingerprint density at radius 1 is 1.25 bits per heavy atom. The summed E-state index contributed by atoms with van der Waals surface area (Å²) < 4.78 is 5.37. The van der Waals surface area contributed by atoms with Crippen LogP contribution in [-0.2, 0) is 4.74 Å². The fraction of sp³-hybridized carbons (Fsp3) is 1.00. The van der Waals surface area contributed by atoms with Crippen molar-refractivity contribution in [2.24, 2.45) is 17.6 Å². The van der Waals surface area contributed by atoms with Gasteiger partial charge in [0.2, 0.25) is 0 Å². The highest BCUT2D eigenvalue weighted by molar-refractivity contribution is 5.00. The minimum Gasteiger partial charge on any atom is -0.381 e. The van der Waals surface area contributed by atoms with Gasteiger partial charge in [-0.05, 0) is 44.4 Å². The smallest absolute Gasteiger partial charge is 0.0576 e. The second-order valence-corrected chi connectivity index (χ2v) is 4.91. The molecule has 0 spiro atoms. The number of fused-ring (bicyclic) bond motifs is 1. The van der Waals surface area contributed by atoms with E-state index >= 15 is 0 Å². The molecule has 2 heteroatoms. The molecule has 2 saturated carbocycles. The van der Waals surface area contributed by atoms with Crippen molar-refractivity contribution in [3.05, 3.63) is 0 Å². The van der Waals surface area contributed by atoms with E-state index < -0.39 is 0 Å². The molecule has 4 atom stereocenters. The predicted octanol–water partition coefficient (Wildman–Crippen LogP) is 1.54. The summed E-state index contributed by atoms with van der Waals surface area (Å²) >= 11 is 0. The second-order valence-electron chi connectivity index (χ2n) is 4.91. The molecule has 0 aromatic heterocycles. The van der Waals surface area contributed by atoms with Gasteiger partial charge in [-0.2, -0.15) is 0 Å². The van der Waals surface area contributed by atoms with Crippen molar-refractivity contribution in [1.29, 1.82) is 0 Å². The first-order valence-corrected chi connectivity index (χ1v) is 4.92. The van der Waals surface area contributed by atoms with Crippen LogP contribution in [0.4, 0.5) is 0 Å². The Bertz CT molecular complexity index is 163. The number of hydrogen-bond acceptors (Lipinski definition) is 2. The molecule has 70 valence electrons. The molecule has 0 unspecified atom stereocenters. The molecule has 0 amide bonds. The van der Waals surface area contributed by atoms with Gasteiger partial charge in [-0.3, -0.25) is 0 Å². The molecule has 0 saturated heterocycles. The van der Waals surface area contributed by atoms with E-state index in [0.717, 1.165) is 11.8 Å². The molecule has 2 aliphatic rings. The zero-order valence-corrected chi connectivity index (χ0v) is 8.05. The summed E-state index contributed by atoms with van der Waals surface area (Å²) in [6, 6.07) is 0. The lowest BCUT2D eigenvalue weighted by Crippen LogP contribution is -2.33. The number of methoxy groups -OCH3 is 1. The highest BCUT2D eigenvalue weighted by atomic mass is 16.5. The lowest BCUT2D eigenvalue weighted by Gasteiger charge is -2.19. The Kier molecular flexibility index (Phi) is 1.92. The zero-order chi connectivity index (χ0) is 8.77. The lowest BCUT2D eigenvalue weighted by molar-refractivity contribution is 0.0990. The summed E-state index contributed by atoms with van der Waals surface area (Å²) in [6.45, 7) is 2.19. The Morgan fingerprint density at radius 2 is 1.75 bits per heavy atom. The van der Waals surface area contributed by atoms with Gasteiger partial charge in [0.15, 0.2) is 0 Å². The van der Waals surface area contributed by atoms with Crippen LogP contribution in [0.3, 0.4) is 0 Å². The predicted molar refractivity (Wildman–Crippen MR) is 48.8 cm³/mol. The summed E-state index contributed by atoms with van der Waals surface area (Å²) in [6.07, 6.45) is 5.42. The van der Waals surface area contributed by atoms with Gasteiger partial charge < -0.3 is 10.5 Å². The van der Waals surface area contributed by atoms with Gasteiger partial charge in [-0.15, -0.1) is 0 Å². The molecule has 2 fully saturated rings. The van der Waals surface area contributed by atoms with Crippen LogP contribution in [0.25, 0.3) is 0 Å². The van der Waals surface area contributed by atoms with E-state index in [1.165, 1.54) is 25.7 Å². The van der Waals surface area contributed by atoms with Crippen molar-refractivity contribution in [3.8, 4) is 0 Å². The topological polar surface area (TPSA) is 35.2 Å². The first kappa shape index (κ1) is 8.52. The molecule has 2 nitrogen and oxygen atoms in total. The lowest BCUT2D eigenvalue weighted by atomic mass is 9.97. The third kappa shape index (κ3) is 1.38. The summed E-state index contributed by atoms with van der Waals surface area (Å²) in [4.78, 5) is 0. The monoisotopic (exact) mass is 169 g/mol. The highest BCUT2D eigenvalue weighted by Gasteiger charge is 2.45. The third-order valence-electron chi connectivity index (χ3n) is 3.59. The molecule has 0 aromatic carbocycles. The van der Waals surface area contributed by atoms with Crippen molar-refractivity contribution in [2.75, 3.05) is 7.11 Å². The molecule has 2 rings (SSSR count). The van der Waals surface area contributed by atoms with Crippen LogP contribution >= 0.6 is 0 Å². The summed E-state index contributed by atoms with van der Waals surface area (Å²) in [5.41, 5.74) is 6.23. The summed E-state index contributed by atoms with van der Waals surface area (Å²) in [7, 11) is 1.83. The Morgan fingerprint density at radius 3 is 2.17 bits per heavy atom. The SMILES string of the molecule is CO[C@@H]1C[C@@H]2C[C@@](C)(N)C[C@@H]2C1. The number of hydrogen-bond donors (Lipinski definition) is 1. The zero-order valence-electron chi connectivity index (χ0n) is 8.05. The fourth-order valence-electron chi connectivity index (χ4n) is 3.13. The Hall–Kier alpha value is -0.0800. The van der Waals surface area contributed by atoms with E-state index in [9.17, 15) is 0 Å². The van der Waals surface area contributed by atoms with E-state index in [0.29, 0.717) is 6.10 Å². The van der Waals surface area contributed by atoms with Gasteiger partial charge in [0.1, 0.15) is 0 Å². The Labute approximate surface area is 74.5 Å². The molecule has 0 aromatic rings. The van der Waals surface area contributed by atoms with Crippen LogP contribution in [0.2, 0.25) is 0 Å². The van der Waals surface area contributed by atoms with Gasteiger partial charge in [0, 0.05) is 12.6 Å². The quantitative estimate of drug-likeness (QED) is 0.646.